The van der Waals surface area contributed by atoms with Gasteiger partial charge in [-0.25, -0.2) is 0 Å². The lowest BCUT2D eigenvalue weighted by atomic mass is 9.91. The smallest absolute Gasteiger partial charge is 0.251 e. The lowest BCUT2D eigenvalue weighted by molar-refractivity contribution is 0.0925. The molecule has 1 saturated carbocycles. The predicted octanol–water partition coefficient (Wildman–Crippen LogP) is 3.80. The van der Waals surface area contributed by atoms with Crippen molar-refractivity contribution in [3.05, 3.63) is 89.0 Å². The van der Waals surface area contributed by atoms with Gasteiger partial charge in [-0.1, -0.05) is 24.3 Å². The molecule has 8 N–H and O–H groups in total. The fourth-order valence-corrected chi connectivity index (χ4v) is 4.15. The summed E-state index contributed by atoms with van der Waals surface area (Å²) in [5.74, 6) is 1.36. The molecule has 8 nitrogen and oxygen atoms in total. The third-order valence-corrected chi connectivity index (χ3v) is 6.31. The van der Waals surface area contributed by atoms with Gasteiger partial charge in [0.15, 0.2) is 0 Å². The van der Waals surface area contributed by atoms with Gasteiger partial charge in [-0.05, 0) is 73.2 Å². The number of amides is 1. The third kappa shape index (κ3) is 6.84. The molecule has 1 aliphatic carbocycles. The number of rotatable bonds is 9. The Balaban J connectivity index is 1.53. The molecule has 4 rings (SSSR count). The van der Waals surface area contributed by atoms with E-state index in [1.807, 2.05) is 24.3 Å². The second-order valence-electron chi connectivity index (χ2n) is 9.13. The number of amidine groups is 1. The first-order valence-electron chi connectivity index (χ1n) is 12.1. The Morgan fingerprint density at radius 1 is 0.861 bits per heavy atom. The van der Waals surface area contributed by atoms with Crippen molar-refractivity contribution < 1.29 is 14.3 Å². The largest absolute Gasteiger partial charge is 0.489 e. The zero-order chi connectivity index (χ0) is 25.5. The minimum absolute atomic E-state index is 0.0148. The summed E-state index contributed by atoms with van der Waals surface area (Å²) in [7, 11) is 0. The van der Waals surface area contributed by atoms with Gasteiger partial charge in [-0.2, -0.15) is 0 Å². The van der Waals surface area contributed by atoms with E-state index in [9.17, 15) is 4.79 Å². The highest BCUT2D eigenvalue weighted by molar-refractivity contribution is 5.95. The van der Waals surface area contributed by atoms with Crippen LogP contribution in [0.5, 0.6) is 17.2 Å². The maximum Gasteiger partial charge on any atom is 0.251 e. The maximum absolute atomic E-state index is 13.1. The molecule has 0 heterocycles. The van der Waals surface area contributed by atoms with Crippen molar-refractivity contribution in [3.8, 4) is 17.2 Å². The lowest BCUT2D eigenvalue weighted by Crippen LogP contribution is -2.40. The van der Waals surface area contributed by atoms with Gasteiger partial charge in [-0.3, -0.25) is 10.2 Å². The van der Waals surface area contributed by atoms with Gasteiger partial charge in [-0.15, -0.1) is 0 Å². The van der Waals surface area contributed by atoms with Crippen LogP contribution in [0.4, 0.5) is 0 Å². The number of hydrogen-bond acceptors (Lipinski definition) is 6. The van der Waals surface area contributed by atoms with Gasteiger partial charge < -0.3 is 32.0 Å². The Labute approximate surface area is 211 Å². The van der Waals surface area contributed by atoms with Crippen LogP contribution >= 0.6 is 0 Å². The number of ether oxygens (including phenoxy) is 2. The van der Waals surface area contributed by atoms with E-state index in [0.717, 1.165) is 36.8 Å². The molecule has 1 amide bonds. The normalized spacial score (nSPS) is 17.3. The van der Waals surface area contributed by atoms with Crippen LogP contribution in [0.2, 0.25) is 0 Å². The average molecular weight is 488 g/mol. The number of benzene rings is 3. The van der Waals surface area contributed by atoms with Crippen LogP contribution < -0.4 is 32.0 Å². The summed E-state index contributed by atoms with van der Waals surface area (Å²) in [4.78, 5) is 13.1. The quantitative estimate of drug-likeness (QED) is 0.229. The van der Waals surface area contributed by atoms with E-state index in [-0.39, 0.29) is 23.8 Å². The van der Waals surface area contributed by atoms with Gasteiger partial charge in [0.05, 0.1) is 0 Å². The van der Waals surface area contributed by atoms with Gasteiger partial charge in [0.2, 0.25) is 0 Å². The van der Waals surface area contributed by atoms with E-state index in [1.54, 1.807) is 42.5 Å². The van der Waals surface area contributed by atoms with E-state index in [0.29, 0.717) is 41.5 Å². The molecule has 0 aliphatic heterocycles. The van der Waals surface area contributed by atoms with Crippen LogP contribution in [-0.2, 0) is 13.2 Å². The van der Waals surface area contributed by atoms with Crippen molar-refractivity contribution in [2.24, 2.45) is 17.2 Å². The minimum Gasteiger partial charge on any atom is -0.489 e. The van der Waals surface area contributed by atoms with Crippen LogP contribution in [0.1, 0.15) is 52.7 Å². The molecule has 0 unspecified atom stereocenters. The SMILES string of the molecule is N=C(N)c1ccc(Oc2cc(OCc3ccc(CN)cc3)cc(C(=O)NC3CCC(N)CC3)c2)cc1. The molecule has 0 radical (unpaired) electrons. The summed E-state index contributed by atoms with van der Waals surface area (Å²) in [5.41, 5.74) is 20.3. The fourth-order valence-electron chi connectivity index (χ4n) is 4.15. The molecule has 0 atom stereocenters. The highest BCUT2D eigenvalue weighted by Gasteiger charge is 2.21. The zero-order valence-electron chi connectivity index (χ0n) is 20.2. The minimum atomic E-state index is -0.176. The Kier molecular flexibility index (Phi) is 8.20. The average Bonchev–Trinajstić information content (AvgIpc) is 2.89. The fraction of sp³-hybridized carbons (Fsp3) is 0.286. The first kappa shape index (κ1) is 25.2. The molecule has 3 aromatic carbocycles. The molecule has 0 saturated heterocycles. The van der Waals surface area contributed by atoms with Crippen LogP contribution in [0.15, 0.2) is 66.7 Å². The zero-order valence-corrected chi connectivity index (χ0v) is 20.2. The summed E-state index contributed by atoms with van der Waals surface area (Å²) in [5, 5.41) is 10.7. The summed E-state index contributed by atoms with van der Waals surface area (Å²) < 4.78 is 12.1. The number of hydrogen-bond donors (Lipinski definition) is 5. The molecule has 0 bridgehead atoms. The van der Waals surface area contributed by atoms with Gasteiger partial charge in [0.25, 0.3) is 5.91 Å². The number of nitrogens with one attached hydrogen (secondary N) is 2. The Morgan fingerprint density at radius 2 is 1.50 bits per heavy atom. The molecule has 36 heavy (non-hydrogen) atoms. The summed E-state index contributed by atoms with van der Waals surface area (Å²) in [6.07, 6.45) is 3.55. The second kappa shape index (κ2) is 11.7. The molecule has 0 spiro atoms. The number of carbonyl (C=O) groups is 1. The van der Waals surface area contributed by atoms with Crippen molar-refractivity contribution >= 4 is 11.7 Å². The molecule has 8 heteroatoms. The van der Waals surface area contributed by atoms with Gasteiger partial charge in [0, 0.05) is 35.8 Å². The van der Waals surface area contributed by atoms with E-state index < -0.39 is 0 Å². The maximum atomic E-state index is 13.1. The molecular formula is C28H33N5O3. The van der Waals surface area contributed by atoms with Crippen molar-refractivity contribution in [1.29, 1.82) is 5.41 Å². The molecule has 1 fully saturated rings. The van der Waals surface area contributed by atoms with E-state index in [4.69, 9.17) is 32.1 Å². The summed E-state index contributed by atoms with van der Waals surface area (Å²) >= 11 is 0. The molecule has 1 aliphatic rings. The third-order valence-electron chi connectivity index (χ3n) is 6.31. The van der Waals surface area contributed by atoms with Crippen molar-refractivity contribution in [3.63, 3.8) is 0 Å². The van der Waals surface area contributed by atoms with Gasteiger partial charge in [0.1, 0.15) is 29.7 Å². The van der Waals surface area contributed by atoms with E-state index in [2.05, 4.69) is 5.32 Å². The van der Waals surface area contributed by atoms with Crippen LogP contribution in [0.25, 0.3) is 0 Å². The molecule has 3 aromatic rings. The van der Waals surface area contributed by atoms with Crippen LogP contribution in [0.3, 0.4) is 0 Å². The Morgan fingerprint density at radius 3 is 2.14 bits per heavy atom. The van der Waals surface area contributed by atoms with Crippen molar-refractivity contribution in [2.45, 2.75) is 50.9 Å². The van der Waals surface area contributed by atoms with Crippen molar-refractivity contribution in [2.75, 3.05) is 0 Å². The highest BCUT2D eigenvalue weighted by atomic mass is 16.5. The predicted molar refractivity (Wildman–Crippen MR) is 140 cm³/mol. The van der Waals surface area contributed by atoms with Crippen LogP contribution in [-0.4, -0.2) is 23.8 Å². The van der Waals surface area contributed by atoms with Crippen LogP contribution in [0, 0.1) is 5.41 Å². The standard InChI is InChI=1S/C28H33N5O3/c29-16-18-1-3-19(4-2-18)17-35-25-13-21(28(34)33-23-9-7-22(30)8-10-23)14-26(15-25)36-24-11-5-20(6-12-24)27(31)32/h1-6,11-15,22-23H,7-10,16-17,29-30H2,(H3,31,32)(H,33,34). The second-order valence-corrected chi connectivity index (χ2v) is 9.13. The Hall–Kier alpha value is -3.88. The monoisotopic (exact) mass is 487 g/mol. The Bertz CT molecular complexity index is 1190. The molecule has 0 aromatic heterocycles. The summed E-state index contributed by atoms with van der Waals surface area (Å²) in [6, 6.07) is 20.3. The van der Waals surface area contributed by atoms with Gasteiger partial charge >= 0.3 is 0 Å². The first-order chi connectivity index (χ1) is 17.4. The topological polar surface area (TPSA) is 149 Å². The van der Waals surface area contributed by atoms with E-state index >= 15 is 0 Å². The van der Waals surface area contributed by atoms with Crippen molar-refractivity contribution in [1.82, 2.24) is 5.32 Å². The lowest BCUT2D eigenvalue weighted by Gasteiger charge is -2.26. The first-order valence-corrected chi connectivity index (χ1v) is 12.1. The number of nitrogen functional groups attached to an aromatic ring is 1. The summed E-state index contributed by atoms with van der Waals surface area (Å²) in [6.45, 7) is 0.822. The molecule has 188 valence electrons. The molecular weight excluding hydrogens is 454 g/mol. The number of nitrogens with two attached hydrogens (primary N) is 3. The number of carbonyl (C=O) groups excluding carboxylic acids is 1. The highest BCUT2D eigenvalue weighted by Crippen LogP contribution is 2.29. The van der Waals surface area contributed by atoms with E-state index in [1.165, 1.54) is 0 Å².